The summed E-state index contributed by atoms with van der Waals surface area (Å²) in [5.41, 5.74) is 5.67. The summed E-state index contributed by atoms with van der Waals surface area (Å²) < 4.78 is 26.2. The smallest absolute Gasteiger partial charge is 0.231 e. The molecule has 2 aromatic heterocycles. The highest BCUT2D eigenvalue weighted by molar-refractivity contribution is 5.74. The van der Waals surface area contributed by atoms with Crippen LogP contribution in [0.5, 0.6) is 11.5 Å². The lowest BCUT2D eigenvalue weighted by molar-refractivity contribution is 0.174. The van der Waals surface area contributed by atoms with Crippen molar-refractivity contribution in [2.24, 2.45) is 0 Å². The monoisotopic (exact) mass is 402 g/mol. The molecule has 0 fully saturated rings. The minimum Gasteiger partial charge on any atom is -0.454 e. The number of rotatable bonds is 2. The van der Waals surface area contributed by atoms with Gasteiger partial charge in [-0.25, -0.2) is 14.1 Å². The molecule has 2 aliphatic rings. The average Bonchev–Trinajstić information content (AvgIpc) is 3.45. The molecule has 0 saturated heterocycles. The van der Waals surface area contributed by atoms with E-state index < -0.39 is 0 Å². The molecule has 150 valence electrons. The number of nitrogens with one attached hydrogen (secondary N) is 1. The fourth-order valence-electron chi connectivity index (χ4n) is 4.29. The van der Waals surface area contributed by atoms with E-state index in [9.17, 15) is 4.39 Å². The number of benzene rings is 2. The standard InChI is InChI=1S/C23H19FN4O2/c1-23(2)10-17-16(11-25-28(17)15-6-4-14(24)5-7-15)20-21(23)27-22(26-20)13-3-8-18-19(9-13)30-12-29-18/h3-9,11H,10,12H2,1-2H3,(H,26,27). The van der Waals surface area contributed by atoms with Crippen LogP contribution in [0.4, 0.5) is 4.39 Å². The molecule has 1 N–H and O–H groups in total. The molecule has 1 aliphatic carbocycles. The summed E-state index contributed by atoms with van der Waals surface area (Å²) >= 11 is 0. The highest BCUT2D eigenvalue weighted by Gasteiger charge is 2.37. The molecule has 6 nitrogen and oxygen atoms in total. The first-order valence-electron chi connectivity index (χ1n) is 9.83. The van der Waals surface area contributed by atoms with Gasteiger partial charge in [0.1, 0.15) is 11.6 Å². The van der Waals surface area contributed by atoms with Gasteiger partial charge in [0.15, 0.2) is 11.5 Å². The van der Waals surface area contributed by atoms with Crippen molar-refractivity contribution < 1.29 is 13.9 Å². The molecule has 0 atom stereocenters. The van der Waals surface area contributed by atoms with Gasteiger partial charge >= 0.3 is 0 Å². The first-order chi connectivity index (χ1) is 14.5. The zero-order chi connectivity index (χ0) is 20.5. The van der Waals surface area contributed by atoms with E-state index >= 15 is 0 Å². The molecule has 0 unspecified atom stereocenters. The van der Waals surface area contributed by atoms with Gasteiger partial charge in [-0.3, -0.25) is 0 Å². The topological polar surface area (TPSA) is 65.0 Å². The van der Waals surface area contributed by atoms with E-state index in [1.54, 1.807) is 12.1 Å². The maximum absolute atomic E-state index is 13.4. The normalized spacial score (nSPS) is 15.7. The maximum Gasteiger partial charge on any atom is 0.231 e. The van der Waals surface area contributed by atoms with Gasteiger partial charge in [0.25, 0.3) is 0 Å². The Balaban J connectivity index is 1.48. The molecular weight excluding hydrogens is 383 g/mol. The number of fused-ring (bicyclic) bond motifs is 4. The number of ether oxygens (including phenoxy) is 2. The number of nitrogens with zero attached hydrogens (tertiary/aromatic N) is 3. The Morgan fingerprint density at radius 2 is 1.87 bits per heavy atom. The lowest BCUT2D eigenvalue weighted by Crippen LogP contribution is -2.27. The lowest BCUT2D eigenvalue weighted by Gasteiger charge is -2.29. The number of hydrogen-bond acceptors (Lipinski definition) is 4. The molecule has 30 heavy (non-hydrogen) atoms. The van der Waals surface area contributed by atoms with Gasteiger partial charge in [-0.15, -0.1) is 0 Å². The summed E-state index contributed by atoms with van der Waals surface area (Å²) in [6, 6.07) is 12.2. The fraction of sp³-hybridized carbons (Fsp3) is 0.217. The summed E-state index contributed by atoms with van der Waals surface area (Å²) in [4.78, 5) is 8.47. The van der Waals surface area contributed by atoms with Crippen LogP contribution in [0.25, 0.3) is 28.3 Å². The molecule has 3 heterocycles. The Labute approximate surface area is 172 Å². The second kappa shape index (κ2) is 5.95. The molecule has 0 radical (unpaired) electrons. The third-order valence-electron chi connectivity index (χ3n) is 5.83. The van der Waals surface area contributed by atoms with Crippen LogP contribution in [-0.4, -0.2) is 26.5 Å². The Morgan fingerprint density at radius 3 is 2.70 bits per heavy atom. The van der Waals surface area contributed by atoms with E-state index in [0.29, 0.717) is 0 Å². The van der Waals surface area contributed by atoms with Crippen LogP contribution in [0.3, 0.4) is 0 Å². The van der Waals surface area contributed by atoms with E-state index in [1.165, 1.54) is 12.1 Å². The summed E-state index contributed by atoms with van der Waals surface area (Å²) in [6.07, 6.45) is 2.63. The van der Waals surface area contributed by atoms with Crippen LogP contribution in [0.2, 0.25) is 0 Å². The summed E-state index contributed by atoms with van der Waals surface area (Å²) in [7, 11) is 0. The maximum atomic E-state index is 13.4. The predicted molar refractivity (Wildman–Crippen MR) is 109 cm³/mol. The molecular formula is C23H19FN4O2. The number of imidazole rings is 1. The summed E-state index contributed by atoms with van der Waals surface area (Å²) in [5.74, 6) is 2.00. The molecule has 0 spiro atoms. The van der Waals surface area contributed by atoms with E-state index in [1.807, 2.05) is 29.1 Å². The first kappa shape index (κ1) is 17.3. The van der Waals surface area contributed by atoms with Crippen LogP contribution in [0.15, 0.2) is 48.7 Å². The van der Waals surface area contributed by atoms with Gasteiger partial charge in [0, 0.05) is 28.7 Å². The number of hydrogen-bond donors (Lipinski definition) is 1. The lowest BCUT2D eigenvalue weighted by atomic mass is 9.77. The average molecular weight is 402 g/mol. The zero-order valence-corrected chi connectivity index (χ0v) is 16.6. The van der Waals surface area contributed by atoms with Crippen LogP contribution >= 0.6 is 0 Å². The third kappa shape index (κ3) is 2.48. The minimum absolute atomic E-state index is 0.165. The van der Waals surface area contributed by atoms with Gasteiger partial charge in [-0.05, 0) is 42.5 Å². The predicted octanol–water partition coefficient (Wildman–Crippen LogP) is 4.63. The fourth-order valence-corrected chi connectivity index (χ4v) is 4.29. The molecule has 0 amide bonds. The van der Waals surface area contributed by atoms with Crippen molar-refractivity contribution >= 4 is 0 Å². The second-order valence-corrected chi connectivity index (χ2v) is 8.33. The number of halogens is 1. The molecule has 2 aromatic carbocycles. The van der Waals surface area contributed by atoms with Gasteiger partial charge in [0.05, 0.1) is 23.3 Å². The Morgan fingerprint density at radius 1 is 1.07 bits per heavy atom. The molecule has 4 aromatic rings. The first-order valence-corrected chi connectivity index (χ1v) is 9.83. The van der Waals surface area contributed by atoms with Gasteiger partial charge < -0.3 is 14.5 Å². The van der Waals surface area contributed by atoms with E-state index in [4.69, 9.17) is 14.5 Å². The van der Waals surface area contributed by atoms with E-state index in [-0.39, 0.29) is 18.0 Å². The highest BCUT2D eigenvalue weighted by atomic mass is 19.1. The summed E-state index contributed by atoms with van der Waals surface area (Å²) in [5, 5.41) is 4.60. The Bertz CT molecular complexity index is 1290. The largest absolute Gasteiger partial charge is 0.454 e. The van der Waals surface area contributed by atoms with Gasteiger partial charge in [0.2, 0.25) is 6.79 Å². The molecule has 7 heteroatoms. The number of H-pyrrole nitrogens is 1. The van der Waals surface area contributed by atoms with Crippen LogP contribution < -0.4 is 9.47 Å². The minimum atomic E-state index is -0.261. The van der Waals surface area contributed by atoms with Crippen LogP contribution in [0, 0.1) is 5.82 Å². The zero-order valence-electron chi connectivity index (χ0n) is 16.6. The second-order valence-electron chi connectivity index (χ2n) is 8.33. The van der Waals surface area contributed by atoms with E-state index in [2.05, 4.69) is 23.9 Å². The highest BCUT2D eigenvalue weighted by Crippen LogP contribution is 2.44. The van der Waals surface area contributed by atoms with Crippen molar-refractivity contribution in [3.8, 4) is 39.8 Å². The summed E-state index contributed by atoms with van der Waals surface area (Å²) in [6.45, 7) is 4.63. The van der Waals surface area contributed by atoms with E-state index in [0.717, 1.165) is 57.6 Å². The van der Waals surface area contributed by atoms with Gasteiger partial charge in [-0.1, -0.05) is 13.8 Å². The van der Waals surface area contributed by atoms with Crippen molar-refractivity contribution in [2.45, 2.75) is 25.7 Å². The van der Waals surface area contributed by atoms with Crippen molar-refractivity contribution in [2.75, 3.05) is 6.79 Å². The SMILES string of the molecule is CC1(C)Cc2c(cnn2-c2ccc(F)cc2)-c2nc(-c3ccc4c(c3)OCO4)[nH]c21. The van der Waals surface area contributed by atoms with Crippen molar-refractivity contribution in [3.63, 3.8) is 0 Å². The molecule has 0 saturated carbocycles. The van der Waals surface area contributed by atoms with Crippen LogP contribution in [-0.2, 0) is 11.8 Å². The van der Waals surface area contributed by atoms with Crippen LogP contribution in [0.1, 0.15) is 25.2 Å². The van der Waals surface area contributed by atoms with Gasteiger partial charge in [-0.2, -0.15) is 5.10 Å². The molecule has 0 bridgehead atoms. The Hall–Kier alpha value is -3.61. The number of aromatic nitrogens is 4. The molecule has 1 aliphatic heterocycles. The van der Waals surface area contributed by atoms with Crippen molar-refractivity contribution in [1.82, 2.24) is 19.7 Å². The molecule has 6 rings (SSSR count). The van der Waals surface area contributed by atoms with Crippen molar-refractivity contribution in [1.29, 1.82) is 0 Å². The Kier molecular flexibility index (Phi) is 3.42. The number of aromatic amines is 1. The van der Waals surface area contributed by atoms with Crippen molar-refractivity contribution in [3.05, 3.63) is 65.9 Å². The third-order valence-corrected chi connectivity index (χ3v) is 5.83. The quantitative estimate of drug-likeness (QED) is 0.531.